The molecule has 3 rings (SSSR count). The Bertz CT molecular complexity index is 621. The van der Waals surface area contributed by atoms with E-state index < -0.39 is 6.10 Å². The van der Waals surface area contributed by atoms with Crippen molar-refractivity contribution in [1.29, 1.82) is 0 Å². The molecule has 2 heterocycles. The highest BCUT2D eigenvalue weighted by Gasteiger charge is 2.21. The molecular formula is C18H26N4O2. The molecule has 0 amide bonds. The van der Waals surface area contributed by atoms with E-state index in [0.29, 0.717) is 12.4 Å². The summed E-state index contributed by atoms with van der Waals surface area (Å²) in [6, 6.07) is 9.85. The second-order valence-corrected chi connectivity index (χ2v) is 6.71. The van der Waals surface area contributed by atoms with Crippen LogP contribution in [-0.2, 0) is 6.54 Å². The van der Waals surface area contributed by atoms with Crippen LogP contribution >= 0.6 is 0 Å². The molecule has 24 heavy (non-hydrogen) atoms. The number of hydrogen-bond acceptors (Lipinski definition) is 6. The van der Waals surface area contributed by atoms with Gasteiger partial charge in [-0.25, -0.2) is 0 Å². The van der Waals surface area contributed by atoms with Crippen LogP contribution in [0.5, 0.6) is 0 Å². The summed E-state index contributed by atoms with van der Waals surface area (Å²) >= 11 is 0. The highest BCUT2D eigenvalue weighted by molar-refractivity contribution is 5.17. The summed E-state index contributed by atoms with van der Waals surface area (Å²) in [5.41, 5.74) is 0.980. The third-order valence-corrected chi connectivity index (χ3v) is 4.42. The lowest BCUT2D eigenvalue weighted by atomic mass is 10.1. The zero-order valence-electron chi connectivity index (χ0n) is 14.4. The van der Waals surface area contributed by atoms with Crippen molar-refractivity contribution in [1.82, 2.24) is 19.9 Å². The lowest BCUT2D eigenvalue weighted by molar-refractivity contribution is 0.0690. The SMILES string of the molecule is CC(C)c1nc(CN2CCN(C[C@@H](O)c3ccccc3)CC2)no1. The highest BCUT2D eigenvalue weighted by Crippen LogP contribution is 2.16. The van der Waals surface area contributed by atoms with Crippen LogP contribution in [0.25, 0.3) is 0 Å². The minimum atomic E-state index is -0.427. The van der Waals surface area contributed by atoms with E-state index in [1.807, 2.05) is 44.2 Å². The van der Waals surface area contributed by atoms with E-state index in [1.54, 1.807) is 0 Å². The summed E-state index contributed by atoms with van der Waals surface area (Å²) in [4.78, 5) is 9.08. The number of benzene rings is 1. The molecule has 1 aliphatic heterocycles. The Morgan fingerprint density at radius 2 is 1.75 bits per heavy atom. The molecule has 1 aromatic carbocycles. The van der Waals surface area contributed by atoms with Crippen LogP contribution in [0.3, 0.4) is 0 Å². The molecule has 1 aromatic heterocycles. The number of hydrogen-bond donors (Lipinski definition) is 1. The normalized spacial score (nSPS) is 18.2. The Labute approximate surface area is 143 Å². The van der Waals surface area contributed by atoms with Crippen LogP contribution in [0, 0.1) is 0 Å². The molecule has 6 heteroatoms. The number of aliphatic hydroxyl groups excluding tert-OH is 1. The minimum absolute atomic E-state index is 0.266. The van der Waals surface area contributed by atoms with Crippen LogP contribution in [0.15, 0.2) is 34.9 Å². The van der Waals surface area contributed by atoms with E-state index in [2.05, 4.69) is 19.9 Å². The minimum Gasteiger partial charge on any atom is -0.387 e. The van der Waals surface area contributed by atoms with Crippen molar-refractivity contribution in [3.8, 4) is 0 Å². The zero-order valence-corrected chi connectivity index (χ0v) is 14.4. The van der Waals surface area contributed by atoms with Gasteiger partial charge < -0.3 is 9.63 Å². The first-order valence-corrected chi connectivity index (χ1v) is 8.62. The molecule has 0 spiro atoms. The molecule has 1 saturated heterocycles. The van der Waals surface area contributed by atoms with Gasteiger partial charge in [-0.3, -0.25) is 9.80 Å². The van der Waals surface area contributed by atoms with Crippen molar-refractivity contribution >= 4 is 0 Å². The topological polar surface area (TPSA) is 65.6 Å². The standard InChI is InChI=1S/C18H26N4O2/c1-14(2)18-19-17(20-24-18)13-22-10-8-21(9-11-22)12-16(23)15-6-4-3-5-7-15/h3-7,14,16,23H,8-13H2,1-2H3/t16-/m1/s1. The maximum absolute atomic E-state index is 10.3. The molecule has 0 radical (unpaired) electrons. The van der Waals surface area contributed by atoms with Gasteiger partial charge in [-0.2, -0.15) is 4.98 Å². The van der Waals surface area contributed by atoms with Gasteiger partial charge >= 0.3 is 0 Å². The molecule has 1 fully saturated rings. The fourth-order valence-electron chi connectivity index (χ4n) is 2.92. The summed E-state index contributed by atoms with van der Waals surface area (Å²) in [5.74, 6) is 1.73. The van der Waals surface area contributed by atoms with Crippen LogP contribution in [0.1, 0.15) is 43.1 Å². The third kappa shape index (κ3) is 4.41. The fraction of sp³-hybridized carbons (Fsp3) is 0.556. The van der Waals surface area contributed by atoms with Gasteiger partial charge in [0.15, 0.2) is 5.82 Å². The van der Waals surface area contributed by atoms with Crippen LogP contribution < -0.4 is 0 Å². The molecule has 2 aromatic rings. The summed E-state index contributed by atoms with van der Waals surface area (Å²) < 4.78 is 5.26. The first-order chi connectivity index (χ1) is 11.6. The Kier molecular flexibility index (Phi) is 5.60. The molecule has 0 aliphatic carbocycles. The van der Waals surface area contributed by atoms with Crippen molar-refractivity contribution in [2.75, 3.05) is 32.7 Å². The van der Waals surface area contributed by atoms with E-state index >= 15 is 0 Å². The van der Waals surface area contributed by atoms with Gasteiger partial charge in [0.1, 0.15) is 0 Å². The van der Waals surface area contributed by atoms with E-state index in [0.717, 1.165) is 44.1 Å². The number of aromatic nitrogens is 2. The van der Waals surface area contributed by atoms with Crippen LogP contribution in [0.2, 0.25) is 0 Å². The average Bonchev–Trinajstić information content (AvgIpc) is 3.06. The van der Waals surface area contributed by atoms with Crippen molar-refractivity contribution in [3.05, 3.63) is 47.6 Å². The second-order valence-electron chi connectivity index (χ2n) is 6.71. The summed E-state index contributed by atoms with van der Waals surface area (Å²) in [5, 5.41) is 14.4. The van der Waals surface area contributed by atoms with Crippen molar-refractivity contribution in [2.24, 2.45) is 0 Å². The number of aliphatic hydroxyl groups is 1. The maximum atomic E-state index is 10.3. The van der Waals surface area contributed by atoms with Gasteiger partial charge in [0.25, 0.3) is 0 Å². The van der Waals surface area contributed by atoms with Crippen molar-refractivity contribution < 1.29 is 9.63 Å². The third-order valence-electron chi connectivity index (χ3n) is 4.42. The maximum Gasteiger partial charge on any atom is 0.229 e. The predicted molar refractivity (Wildman–Crippen MR) is 91.5 cm³/mol. The van der Waals surface area contributed by atoms with E-state index in [1.165, 1.54) is 0 Å². The number of rotatable bonds is 6. The molecule has 1 aliphatic rings. The quantitative estimate of drug-likeness (QED) is 0.874. The smallest absolute Gasteiger partial charge is 0.229 e. The molecule has 0 saturated carbocycles. The van der Waals surface area contributed by atoms with Crippen LogP contribution in [-0.4, -0.2) is 57.8 Å². The van der Waals surface area contributed by atoms with Gasteiger partial charge in [-0.1, -0.05) is 49.3 Å². The monoisotopic (exact) mass is 330 g/mol. The van der Waals surface area contributed by atoms with Gasteiger partial charge in [-0.05, 0) is 5.56 Å². The molecule has 0 bridgehead atoms. The number of β-amino-alcohol motifs (C(OH)–C–C–N with tert-alkyl or cyclic N) is 1. The van der Waals surface area contributed by atoms with Gasteiger partial charge in [-0.15, -0.1) is 0 Å². The molecular weight excluding hydrogens is 304 g/mol. The Morgan fingerprint density at radius 3 is 2.38 bits per heavy atom. The zero-order chi connectivity index (χ0) is 16.9. The number of nitrogens with zero attached hydrogens (tertiary/aromatic N) is 4. The first kappa shape index (κ1) is 17.1. The molecule has 0 unspecified atom stereocenters. The van der Waals surface area contributed by atoms with Gasteiger partial charge in [0, 0.05) is 38.6 Å². The predicted octanol–water partition coefficient (Wildman–Crippen LogP) is 2.04. The molecule has 6 nitrogen and oxygen atoms in total. The second kappa shape index (κ2) is 7.88. The summed E-state index contributed by atoms with van der Waals surface area (Å²) in [6.07, 6.45) is -0.427. The Morgan fingerprint density at radius 1 is 1.08 bits per heavy atom. The largest absolute Gasteiger partial charge is 0.387 e. The Balaban J connectivity index is 1.45. The van der Waals surface area contributed by atoms with E-state index in [9.17, 15) is 5.11 Å². The average molecular weight is 330 g/mol. The lowest BCUT2D eigenvalue weighted by Gasteiger charge is -2.35. The van der Waals surface area contributed by atoms with Gasteiger partial charge in [0.2, 0.25) is 5.89 Å². The van der Waals surface area contributed by atoms with Gasteiger partial charge in [0.05, 0.1) is 12.6 Å². The first-order valence-electron chi connectivity index (χ1n) is 8.62. The van der Waals surface area contributed by atoms with E-state index in [-0.39, 0.29) is 5.92 Å². The fourth-order valence-corrected chi connectivity index (χ4v) is 2.92. The molecule has 1 N–H and O–H groups in total. The Hall–Kier alpha value is -1.76. The highest BCUT2D eigenvalue weighted by atomic mass is 16.5. The summed E-state index contributed by atoms with van der Waals surface area (Å²) in [6.45, 7) is 9.29. The van der Waals surface area contributed by atoms with Crippen molar-refractivity contribution in [2.45, 2.75) is 32.4 Å². The number of piperazine rings is 1. The lowest BCUT2D eigenvalue weighted by Crippen LogP contribution is -2.47. The molecule has 130 valence electrons. The van der Waals surface area contributed by atoms with Crippen molar-refractivity contribution in [3.63, 3.8) is 0 Å². The molecule has 1 atom stereocenters. The summed E-state index contributed by atoms with van der Waals surface area (Å²) in [7, 11) is 0. The van der Waals surface area contributed by atoms with Crippen LogP contribution in [0.4, 0.5) is 0 Å². The van der Waals surface area contributed by atoms with E-state index in [4.69, 9.17) is 4.52 Å².